The van der Waals surface area contributed by atoms with Gasteiger partial charge in [0.25, 0.3) is 0 Å². The molecular formula is C14H10Br3NO2S. The Hall–Kier alpha value is -0.370. The fourth-order valence-corrected chi connectivity index (χ4v) is 6.25. The van der Waals surface area contributed by atoms with E-state index in [1.807, 2.05) is 25.1 Å². The van der Waals surface area contributed by atoms with Crippen molar-refractivity contribution in [3.63, 3.8) is 0 Å². The predicted octanol–water partition coefficient (Wildman–Crippen LogP) is 5.69. The lowest BCUT2D eigenvalue weighted by Gasteiger charge is -2.09. The van der Waals surface area contributed by atoms with E-state index >= 15 is 0 Å². The zero-order valence-corrected chi connectivity index (χ0v) is 16.5. The molecule has 0 amide bonds. The van der Waals surface area contributed by atoms with Crippen molar-refractivity contribution in [2.24, 2.45) is 0 Å². The lowest BCUT2D eigenvalue weighted by Crippen LogP contribution is -2.11. The molecule has 3 rings (SSSR count). The maximum Gasteiger partial charge on any atom is 0.419 e. The fourth-order valence-electron chi connectivity index (χ4n) is 2.25. The number of oxazole rings is 1. The maximum absolute atomic E-state index is 11.8. The van der Waals surface area contributed by atoms with Crippen LogP contribution in [0.3, 0.4) is 0 Å². The molecule has 3 aromatic rings. The molecule has 21 heavy (non-hydrogen) atoms. The first-order chi connectivity index (χ1) is 10.0. The number of aryl methyl sites for hydroxylation is 1. The summed E-state index contributed by atoms with van der Waals surface area (Å²) in [7, 11) is 0. The van der Waals surface area contributed by atoms with Gasteiger partial charge in [0.15, 0.2) is 5.58 Å². The lowest BCUT2D eigenvalue weighted by molar-refractivity contribution is 0.513. The molecule has 0 radical (unpaired) electrons. The number of alkyl halides is 1. The molecule has 0 saturated heterocycles. The number of hydrogen-bond acceptors (Lipinski definition) is 3. The number of fused-ring (bicyclic) bond motifs is 1. The van der Waals surface area contributed by atoms with Crippen LogP contribution in [0.15, 0.2) is 41.0 Å². The van der Waals surface area contributed by atoms with Crippen LogP contribution >= 0.6 is 59.1 Å². The summed E-state index contributed by atoms with van der Waals surface area (Å²) in [4.78, 5) is 11.8. The van der Waals surface area contributed by atoms with E-state index in [9.17, 15) is 4.79 Å². The second-order valence-electron chi connectivity index (χ2n) is 4.48. The third-order valence-corrected chi connectivity index (χ3v) is 6.66. The van der Waals surface area contributed by atoms with Crippen LogP contribution in [-0.4, -0.2) is 4.57 Å². The monoisotopic (exact) mass is 493 g/mol. The first kappa shape index (κ1) is 15.5. The molecule has 2 aromatic heterocycles. The smallest absolute Gasteiger partial charge is 0.408 e. The Balaban J connectivity index is 2.09. The molecule has 7 heteroatoms. The van der Waals surface area contributed by atoms with Crippen molar-refractivity contribution in [2.45, 2.75) is 18.3 Å². The van der Waals surface area contributed by atoms with Gasteiger partial charge in [-0.05, 0) is 68.1 Å². The summed E-state index contributed by atoms with van der Waals surface area (Å²) in [6, 6.07) is 7.94. The van der Waals surface area contributed by atoms with Crippen LogP contribution in [0.1, 0.15) is 22.9 Å². The highest BCUT2D eigenvalue weighted by atomic mass is 79.9. The van der Waals surface area contributed by atoms with E-state index < -0.39 is 0 Å². The number of nitrogens with zero attached hydrogens (tertiary/aromatic N) is 1. The molecule has 0 N–H and O–H groups in total. The Morgan fingerprint density at radius 1 is 1.33 bits per heavy atom. The highest BCUT2D eigenvalue weighted by molar-refractivity contribution is 9.12. The molecular weight excluding hydrogens is 486 g/mol. The van der Waals surface area contributed by atoms with Gasteiger partial charge in [-0.25, -0.2) is 4.79 Å². The van der Waals surface area contributed by atoms with Crippen molar-refractivity contribution in [3.8, 4) is 0 Å². The molecule has 0 spiro atoms. The Morgan fingerprint density at radius 2 is 2.10 bits per heavy atom. The summed E-state index contributed by atoms with van der Waals surface area (Å²) in [6.07, 6.45) is 0. The second-order valence-corrected chi connectivity index (χ2v) is 9.15. The van der Waals surface area contributed by atoms with Crippen molar-refractivity contribution >= 4 is 70.2 Å². The van der Waals surface area contributed by atoms with Crippen LogP contribution in [0.2, 0.25) is 0 Å². The fraction of sp³-hybridized carbons (Fsp3) is 0.214. The van der Waals surface area contributed by atoms with Crippen molar-refractivity contribution in [1.29, 1.82) is 0 Å². The molecule has 0 saturated carbocycles. The number of benzene rings is 1. The van der Waals surface area contributed by atoms with Gasteiger partial charge in [0.05, 0.1) is 17.9 Å². The van der Waals surface area contributed by atoms with Crippen molar-refractivity contribution in [1.82, 2.24) is 4.57 Å². The van der Waals surface area contributed by atoms with E-state index in [4.69, 9.17) is 4.42 Å². The minimum absolute atomic E-state index is 0.0362. The SMILES string of the molecule is CCn1c(=O)oc2cc(C(Br)c3cc(Br)sc3Br)ccc21. The lowest BCUT2D eigenvalue weighted by atomic mass is 10.1. The summed E-state index contributed by atoms with van der Waals surface area (Å²) in [5.41, 5.74) is 3.64. The van der Waals surface area contributed by atoms with E-state index in [-0.39, 0.29) is 10.6 Å². The Bertz CT molecular complexity index is 865. The summed E-state index contributed by atoms with van der Waals surface area (Å²) >= 11 is 12.4. The molecule has 1 atom stereocenters. The van der Waals surface area contributed by atoms with Crippen LogP contribution in [0.5, 0.6) is 0 Å². The zero-order valence-electron chi connectivity index (χ0n) is 10.9. The topological polar surface area (TPSA) is 35.1 Å². The van der Waals surface area contributed by atoms with Crippen LogP contribution in [-0.2, 0) is 6.54 Å². The Kier molecular flexibility index (Phi) is 4.45. The minimum Gasteiger partial charge on any atom is -0.408 e. The van der Waals surface area contributed by atoms with Gasteiger partial charge in [-0.3, -0.25) is 4.57 Å². The number of hydrogen-bond donors (Lipinski definition) is 0. The summed E-state index contributed by atoms with van der Waals surface area (Å²) in [6.45, 7) is 2.53. The Morgan fingerprint density at radius 3 is 2.71 bits per heavy atom. The normalized spacial score (nSPS) is 13.0. The quantitative estimate of drug-likeness (QED) is 0.438. The van der Waals surface area contributed by atoms with E-state index in [0.717, 1.165) is 24.2 Å². The van der Waals surface area contributed by atoms with E-state index in [2.05, 4.69) is 53.9 Å². The zero-order chi connectivity index (χ0) is 15.1. The largest absolute Gasteiger partial charge is 0.419 e. The molecule has 0 bridgehead atoms. The third kappa shape index (κ3) is 2.81. The summed E-state index contributed by atoms with van der Waals surface area (Å²) < 4.78 is 9.09. The average molecular weight is 496 g/mol. The number of thiophene rings is 1. The van der Waals surface area contributed by atoms with E-state index in [1.54, 1.807) is 15.9 Å². The van der Waals surface area contributed by atoms with Gasteiger partial charge < -0.3 is 4.42 Å². The first-order valence-electron chi connectivity index (χ1n) is 6.23. The molecule has 0 aliphatic heterocycles. The van der Waals surface area contributed by atoms with Crippen molar-refractivity contribution in [3.05, 3.63) is 53.5 Å². The highest BCUT2D eigenvalue weighted by Crippen LogP contribution is 2.42. The van der Waals surface area contributed by atoms with Gasteiger partial charge in [0.2, 0.25) is 0 Å². The number of rotatable bonds is 3. The van der Waals surface area contributed by atoms with Crippen LogP contribution in [0, 0.1) is 0 Å². The van der Waals surface area contributed by atoms with Crippen LogP contribution in [0.25, 0.3) is 11.1 Å². The molecule has 1 unspecified atom stereocenters. The maximum atomic E-state index is 11.8. The molecule has 0 aliphatic rings. The molecule has 0 fully saturated rings. The Labute approximate surface area is 150 Å². The average Bonchev–Trinajstić information content (AvgIpc) is 2.95. The summed E-state index contributed by atoms with van der Waals surface area (Å²) in [5, 5.41) is 0. The first-order valence-corrected chi connectivity index (χ1v) is 9.55. The second kappa shape index (κ2) is 6.02. The van der Waals surface area contributed by atoms with Gasteiger partial charge in [-0.15, -0.1) is 11.3 Å². The highest BCUT2D eigenvalue weighted by Gasteiger charge is 2.18. The van der Waals surface area contributed by atoms with Crippen LogP contribution in [0.4, 0.5) is 0 Å². The summed E-state index contributed by atoms with van der Waals surface area (Å²) in [5.74, 6) is -0.310. The minimum atomic E-state index is -0.310. The number of halogens is 3. The van der Waals surface area contributed by atoms with Gasteiger partial charge in [0.1, 0.15) is 0 Å². The molecule has 2 heterocycles. The molecule has 3 nitrogen and oxygen atoms in total. The van der Waals surface area contributed by atoms with Crippen molar-refractivity contribution in [2.75, 3.05) is 0 Å². The predicted molar refractivity (Wildman–Crippen MR) is 96.6 cm³/mol. The van der Waals surface area contributed by atoms with Gasteiger partial charge in [0, 0.05) is 6.54 Å². The molecule has 1 aromatic carbocycles. The molecule has 0 aliphatic carbocycles. The van der Waals surface area contributed by atoms with E-state index in [0.29, 0.717) is 12.1 Å². The van der Waals surface area contributed by atoms with E-state index in [1.165, 1.54) is 0 Å². The van der Waals surface area contributed by atoms with Gasteiger partial charge in [-0.1, -0.05) is 22.0 Å². The van der Waals surface area contributed by atoms with Gasteiger partial charge in [-0.2, -0.15) is 0 Å². The molecule has 110 valence electrons. The van der Waals surface area contributed by atoms with Crippen LogP contribution < -0.4 is 5.76 Å². The van der Waals surface area contributed by atoms with Crippen molar-refractivity contribution < 1.29 is 4.42 Å². The standard InChI is InChI=1S/C14H10Br3NO2S/c1-2-18-9-4-3-7(5-10(9)20-14(18)19)12(16)8-6-11(15)21-13(8)17/h3-6,12H,2H2,1H3. The number of aromatic nitrogens is 1. The third-order valence-electron chi connectivity index (χ3n) is 3.26. The van der Waals surface area contributed by atoms with Gasteiger partial charge >= 0.3 is 5.76 Å².